The van der Waals surface area contributed by atoms with Crippen LogP contribution >= 0.6 is 0 Å². The van der Waals surface area contributed by atoms with Crippen LogP contribution in [0.1, 0.15) is 24.0 Å². The van der Waals surface area contributed by atoms with E-state index in [1.807, 2.05) is 26.0 Å². The first-order valence-corrected chi connectivity index (χ1v) is 9.61. The van der Waals surface area contributed by atoms with Crippen molar-refractivity contribution in [3.05, 3.63) is 59.7 Å². The molecule has 0 radical (unpaired) electrons. The molecule has 2 N–H and O–H groups in total. The second-order valence-corrected chi connectivity index (χ2v) is 7.46. The van der Waals surface area contributed by atoms with Crippen molar-refractivity contribution in [1.29, 1.82) is 0 Å². The monoisotopic (exact) mass is 414 g/mol. The number of nitrogens with zero attached hydrogens (tertiary/aromatic N) is 2. The van der Waals surface area contributed by atoms with Gasteiger partial charge < -0.3 is 15.4 Å². The summed E-state index contributed by atoms with van der Waals surface area (Å²) in [5.74, 6) is 0.693. The highest BCUT2D eigenvalue weighted by Gasteiger charge is 2.31. The van der Waals surface area contributed by atoms with Gasteiger partial charge >= 0.3 is 6.36 Å². The summed E-state index contributed by atoms with van der Waals surface area (Å²) in [5.41, 5.74) is 4.10. The first-order chi connectivity index (χ1) is 14.2. The molecule has 4 rings (SSSR count). The molecule has 1 fully saturated rings. The second-order valence-electron chi connectivity index (χ2n) is 7.46. The molecule has 0 saturated heterocycles. The Morgan fingerprint density at radius 2 is 1.70 bits per heavy atom. The molecule has 3 aromatic rings. The van der Waals surface area contributed by atoms with Crippen molar-refractivity contribution >= 4 is 17.5 Å². The minimum absolute atomic E-state index is 0.292. The molecule has 1 aliphatic carbocycles. The zero-order valence-electron chi connectivity index (χ0n) is 16.5. The Morgan fingerprint density at radius 3 is 2.37 bits per heavy atom. The van der Waals surface area contributed by atoms with Crippen molar-refractivity contribution < 1.29 is 17.9 Å². The average Bonchev–Trinajstić information content (AvgIpc) is 3.43. The van der Waals surface area contributed by atoms with E-state index in [1.54, 1.807) is 12.1 Å². The highest BCUT2D eigenvalue weighted by Crippen LogP contribution is 2.31. The third kappa shape index (κ3) is 5.40. The van der Waals surface area contributed by atoms with E-state index in [-0.39, 0.29) is 5.75 Å². The van der Waals surface area contributed by atoms with Crippen molar-refractivity contribution in [2.24, 2.45) is 0 Å². The van der Waals surface area contributed by atoms with E-state index < -0.39 is 6.36 Å². The van der Waals surface area contributed by atoms with Crippen molar-refractivity contribution in [3.8, 4) is 17.0 Å². The van der Waals surface area contributed by atoms with Gasteiger partial charge in [-0.15, -0.1) is 13.2 Å². The van der Waals surface area contributed by atoms with Crippen LogP contribution in [-0.2, 0) is 0 Å². The van der Waals surface area contributed by atoms with Gasteiger partial charge in [0.1, 0.15) is 11.6 Å². The molecular formula is C22H21F3N4O. The summed E-state index contributed by atoms with van der Waals surface area (Å²) in [4.78, 5) is 9.03. The average molecular weight is 414 g/mol. The van der Waals surface area contributed by atoms with Crippen LogP contribution < -0.4 is 15.4 Å². The number of halogens is 3. The SMILES string of the molecule is Cc1cc(C)cc(Nc2cc(-c3cccc(OC(F)(F)F)c3)nc(NC3CC3)n2)c1. The Morgan fingerprint density at radius 1 is 0.967 bits per heavy atom. The number of benzene rings is 2. The summed E-state index contributed by atoms with van der Waals surface area (Å²) in [7, 11) is 0. The van der Waals surface area contributed by atoms with Gasteiger partial charge in [-0.1, -0.05) is 18.2 Å². The van der Waals surface area contributed by atoms with Crippen LogP contribution in [0.25, 0.3) is 11.3 Å². The molecule has 0 unspecified atom stereocenters. The molecule has 0 bridgehead atoms. The molecule has 1 aromatic heterocycles. The number of alkyl halides is 3. The van der Waals surface area contributed by atoms with Crippen LogP contribution in [0.2, 0.25) is 0 Å². The molecule has 1 heterocycles. The van der Waals surface area contributed by atoms with Gasteiger partial charge in [0.05, 0.1) is 5.69 Å². The zero-order chi connectivity index (χ0) is 21.3. The van der Waals surface area contributed by atoms with E-state index in [2.05, 4.69) is 31.4 Å². The quantitative estimate of drug-likeness (QED) is 0.520. The molecule has 30 heavy (non-hydrogen) atoms. The first-order valence-electron chi connectivity index (χ1n) is 9.61. The molecule has 2 aromatic carbocycles. The normalized spacial score (nSPS) is 13.8. The number of hydrogen-bond donors (Lipinski definition) is 2. The van der Waals surface area contributed by atoms with Gasteiger partial charge in [0.15, 0.2) is 0 Å². The lowest BCUT2D eigenvalue weighted by molar-refractivity contribution is -0.274. The fourth-order valence-corrected chi connectivity index (χ4v) is 3.18. The fourth-order valence-electron chi connectivity index (χ4n) is 3.18. The van der Waals surface area contributed by atoms with Crippen LogP contribution in [0.5, 0.6) is 5.75 Å². The summed E-state index contributed by atoms with van der Waals surface area (Å²) >= 11 is 0. The standard InChI is InChI=1S/C22H21F3N4O/c1-13-8-14(2)10-17(9-13)26-20-12-19(28-21(29-20)27-16-6-7-16)15-4-3-5-18(11-15)30-22(23,24)25/h3-5,8-12,16H,6-7H2,1-2H3,(H2,26,27,28,29). The van der Waals surface area contributed by atoms with Crippen LogP contribution in [0, 0.1) is 13.8 Å². The molecule has 1 saturated carbocycles. The van der Waals surface area contributed by atoms with E-state index in [0.717, 1.165) is 29.7 Å². The maximum absolute atomic E-state index is 12.6. The molecule has 156 valence electrons. The molecule has 0 spiro atoms. The van der Waals surface area contributed by atoms with E-state index in [9.17, 15) is 13.2 Å². The molecule has 5 nitrogen and oxygen atoms in total. The highest BCUT2D eigenvalue weighted by atomic mass is 19.4. The first kappa shape index (κ1) is 20.0. The minimum Gasteiger partial charge on any atom is -0.406 e. The van der Waals surface area contributed by atoms with E-state index in [4.69, 9.17) is 0 Å². The third-order valence-corrected chi connectivity index (χ3v) is 4.49. The number of ether oxygens (including phenoxy) is 1. The third-order valence-electron chi connectivity index (χ3n) is 4.49. The molecule has 1 aliphatic rings. The Labute approximate surface area is 172 Å². The van der Waals surface area contributed by atoms with E-state index in [0.29, 0.717) is 29.1 Å². The maximum Gasteiger partial charge on any atom is 0.573 e. The van der Waals surface area contributed by atoms with E-state index >= 15 is 0 Å². The zero-order valence-corrected chi connectivity index (χ0v) is 16.5. The summed E-state index contributed by atoms with van der Waals surface area (Å²) in [6.07, 6.45) is -2.66. The number of aromatic nitrogens is 2. The Balaban J connectivity index is 1.68. The number of rotatable bonds is 6. The summed E-state index contributed by atoms with van der Waals surface area (Å²) < 4.78 is 41.8. The number of nitrogens with one attached hydrogen (secondary N) is 2. The van der Waals surface area contributed by atoms with Gasteiger partial charge in [-0.25, -0.2) is 4.98 Å². The smallest absolute Gasteiger partial charge is 0.406 e. The Bertz CT molecular complexity index is 1040. The summed E-state index contributed by atoms with van der Waals surface area (Å²) in [6.45, 7) is 4.02. The van der Waals surface area contributed by atoms with Gasteiger partial charge in [-0.05, 0) is 62.1 Å². The summed E-state index contributed by atoms with van der Waals surface area (Å²) in [6, 6.07) is 13.9. The van der Waals surface area contributed by atoms with Crippen molar-refractivity contribution in [2.75, 3.05) is 10.6 Å². The van der Waals surface area contributed by atoms with Crippen LogP contribution in [0.3, 0.4) is 0 Å². The molecular weight excluding hydrogens is 393 g/mol. The van der Waals surface area contributed by atoms with Gasteiger partial charge in [0, 0.05) is 23.4 Å². The lowest BCUT2D eigenvalue weighted by atomic mass is 10.1. The summed E-state index contributed by atoms with van der Waals surface area (Å²) in [5, 5.41) is 6.53. The van der Waals surface area contributed by atoms with Crippen LogP contribution in [-0.4, -0.2) is 22.4 Å². The molecule has 8 heteroatoms. The van der Waals surface area contributed by atoms with Gasteiger partial charge in [-0.2, -0.15) is 4.98 Å². The lowest BCUT2D eigenvalue weighted by Crippen LogP contribution is -2.17. The van der Waals surface area contributed by atoms with Crippen LogP contribution in [0.4, 0.5) is 30.6 Å². The highest BCUT2D eigenvalue weighted by molar-refractivity contribution is 5.69. The number of hydrogen-bond acceptors (Lipinski definition) is 5. The van der Waals surface area contributed by atoms with Crippen molar-refractivity contribution in [1.82, 2.24) is 9.97 Å². The largest absolute Gasteiger partial charge is 0.573 e. The molecule has 0 aliphatic heterocycles. The fraction of sp³-hybridized carbons (Fsp3) is 0.273. The van der Waals surface area contributed by atoms with Crippen molar-refractivity contribution in [2.45, 2.75) is 39.1 Å². The van der Waals surface area contributed by atoms with Crippen molar-refractivity contribution in [3.63, 3.8) is 0 Å². The maximum atomic E-state index is 12.6. The predicted octanol–water partition coefficient (Wildman–Crippen LogP) is 5.98. The van der Waals surface area contributed by atoms with Gasteiger partial charge in [-0.3, -0.25) is 0 Å². The van der Waals surface area contributed by atoms with Crippen LogP contribution in [0.15, 0.2) is 48.5 Å². The topological polar surface area (TPSA) is 59.1 Å². The number of anilines is 3. The number of aryl methyl sites for hydroxylation is 2. The lowest BCUT2D eigenvalue weighted by Gasteiger charge is -2.13. The minimum atomic E-state index is -4.75. The molecule has 0 atom stereocenters. The molecule has 0 amide bonds. The Kier molecular flexibility index (Phi) is 5.24. The predicted molar refractivity (Wildman–Crippen MR) is 110 cm³/mol. The van der Waals surface area contributed by atoms with Gasteiger partial charge in [0.2, 0.25) is 5.95 Å². The Hall–Kier alpha value is -3.29. The van der Waals surface area contributed by atoms with E-state index in [1.165, 1.54) is 18.2 Å². The van der Waals surface area contributed by atoms with Gasteiger partial charge in [0.25, 0.3) is 0 Å². The second kappa shape index (κ2) is 7.85.